The molecule has 30 heavy (non-hydrogen) atoms. The molecular formula is C24H24ClNO4. The van der Waals surface area contributed by atoms with Crippen molar-refractivity contribution in [3.8, 4) is 16.9 Å². The second-order valence-electron chi connectivity index (χ2n) is 7.76. The first kappa shape index (κ1) is 20.5. The van der Waals surface area contributed by atoms with Crippen molar-refractivity contribution < 1.29 is 13.9 Å². The van der Waals surface area contributed by atoms with Crippen LogP contribution in [0, 0.1) is 0 Å². The minimum Gasteiger partial charge on any atom is -0.479 e. The van der Waals surface area contributed by atoms with Crippen molar-refractivity contribution in [2.24, 2.45) is 0 Å². The molecule has 0 aliphatic carbocycles. The number of ether oxygens (including phenoxy) is 1. The monoisotopic (exact) mass is 425 g/mol. The maximum absolute atomic E-state index is 12.9. The third kappa shape index (κ3) is 4.08. The lowest BCUT2D eigenvalue weighted by molar-refractivity contribution is -0.141. The Labute approximate surface area is 180 Å². The lowest BCUT2D eigenvalue weighted by Gasteiger charge is -2.35. The van der Waals surface area contributed by atoms with Gasteiger partial charge in [-0.15, -0.1) is 0 Å². The minimum atomic E-state index is -0.690. The van der Waals surface area contributed by atoms with Crippen molar-refractivity contribution in [2.75, 3.05) is 6.54 Å². The van der Waals surface area contributed by atoms with Gasteiger partial charge in [-0.05, 0) is 50.3 Å². The van der Waals surface area contributed by atoms with Crippen LogP contribution in [-0.2, 0) is 4.79 Å². The highest BCUT2D eigenvalue weighted by atomic mass is 35.5. The van der Waals surface area contributed by atoms with Crippen molar-refractivity contribution in [3.63, 3.8) is 0 Å². The van der Waals surface area contributed by atoms with Crippen LogP contribution in [0.5, 0.6) is 5.75 Å². The fraction of sp³-hybridized carbons (Fsp3) is 0.333. The standard InChI is InChI=1S/C24H24ClNO4/c1-15-8-6-7-11-26(15)24(28)16(2)29-22-14-21-19(12-20(22)25)18(13-23(27)30-21)17-9-4-3-5-10-17/h3-5,9-10,12-16H,6-8,11H2,1-2H3. The van der Waals surface area contributed by atoms with Crippen LogP contribution in [0.2, 0.25) is 5.02 Å². The summed E-state index contributed by atoms with van der Waals surface area (Å²) in [5.41, 5.74) is 1.54. The number of hydrogen-bond acceptors (Lipinski definition) is 4. The molecule has 4 rings (SSSR count). The predicted molar refractivity (Wildman–Crippen MR) is 118 cm³/mol. The first-order chi connectivity index (χ1) is 14.4. The molecule has 0 radical (unpaired) electrons. The van der Waals surface area contributed by atoms with Crippen molar-refractivity contribution in [2.45, 2.75) is 45.3 Å². The Morgan fingerprint density at radius 3 is 2.70 bits per heavy atom. The number of carbonyl (C=O) groups excluding carboxylic acids is 1. The van der Waals surface area contributed by atoms with Crippen LogP contribution < -0.4 is 10.4 Å². The van der Waals surface area contributed by atoms with Crippen molar-refractivity contribution in [1.29, 1.82) is 0 Å². The van der Waals surface area contributed by atoms with E-state index in [-0.39, 0.29) is 11.9 Å². The van der Waals surface area contributed by atoms with Gasteiger partial charge in [-0.25, -0.2) is 4.79 Å². The lowest BCUT2D eigenvalue weighted by Crippen LogP contribution is -2.47. The molecule has 0 saturated carbocycles. The normalized spacial score (nSPS) is 17.7. The van der Waals surface area contributed by atoms with Gasteiger partial charge in [-0.2, -0.15) is 0 Å². The average Bonchev–Trinajstić information content (AvgIpc) is 2.74. The van der Waals surface area contributed by atoms with Gasteiger partial charge >= 0.3 is 5.63 Å². The van der Waals surface area contributed by atoms with E-state index >= 15 is 0 Å². The first-order valence-corrected chi connectivity index (χ1v) is 10.6. The molecule has 1 amide bonds. The molecule has 1 saturated heterocycles. The van der Waals surface area contributed by atoms with Gasteiger partial charge in [0.25, 0.3) is 5.91 Å². The number of benzene rings is 2. The Balaban J connectivity index is 1.66. The van der Waals surface area contributed by atoms with Gasteiger partial charge in [0.15, 0.2) is 6.10 Å². The summed E-state index contributed by atoms with van der Waals surface area (Å²) >= 11 is 6.50. The fourth-order valence-corrected chi connectivity index (χ4v) is 4.22. The number of piperidine rings is 1. The molecule has 0 N–H and O–H groups in total. The zero-order valence-electron chi connectivity index (χ0n) is 17.1. The van der Waals surface area contributed by atoms with Gasteiger partial charge in [0, 0.05) is 30.1 Å². The summed E-state index contributed by atoms with van der Waals surface area (Å²) in [5.74, 6) is 0.265. The van der Waals surface area contributed by atoms with Crippen LogP contribution in [0.25, 0.3) is 22.1 Å². The maximum Gasteiger partial charge on any atom is 0.336 e. The largest absolute Gasteiger partial charge is 0.479 e. The van der Waals surface area contributed by atoms with Crippen molar-refractivity contribution >= 4 is 28.5 Å². The number of fused-ring (bicyclic) bond motifs is 1. The van der Waals surface area contributed by atoms with E-state index in [9.17, 15) is 9.59 Å². The van der Waals surface area contributed by atoms with Crippen LogP contribution in [0.1, 0.15) is 33.1 Å². The number of nitrogens with zero attached hydrogens (tertiary/aromatic N) is 1. The average molecular weight is 426 g/mol. The SMILES string of the molecule is CC(Oc1cc2oc(=O)cc(-c3ccccc3)c2cc1Cl)C(=O)N1CCCCC1C. The van der Waals surface area contributed by atoms with E-state index in [4.69, 9.17) is 20.8 Å². The zero-order chi connectivity index (χ0) is 21.3. The van der Waals surface area contributed by atoms with Crippen molar-refractivity contribution in [1.82, 2.24) is 4.90 Å². The summed E-state index contributed by atoms with van der Waals surface area (Å²) in [6, 6.07) is 14.5. The molecule has 0 spiro atoms. The van der Waals surface area contributed by atoms with E-state index in [1.165, 1.54) is 6.07 Å². The smallest absolute Gasteiger partial charge is 0.336 e. The van der Waals surface area contributed by atoms with Gasteiger partial charge in [0.1, 0.15) is 11.3 Å². The Morgan fingerprint density at radius 1 is 1.20 bits per heavy atom. The number of rotatable bonds is 4. The molecule has 1 aliphatic rings. The summed E-state index contributed by atoms with van der Waals surface area (Å²) in [6.45, 7) is 4.53. The number of hydrogen-bond donors (Lipinski definition) is 0. The summed E-state index contributed by atoms with van der Waals surface area (Å²) in [7, 11) is 0. The van der Waals surface area contributed by atoms with Crippen LogP contribution >= 0.6 is 11.6 Å². The number of carbonyl (C=O) groups is 1. The predicted octanol–water partition coefficient (Wildman–Crippen LogP) is 5.28. The van der Waals surface area contributed by atoms with Crippen LogP contribution in [0.3, 0.4) is 0 Å². The van der Waals surface area contributed by atoms with Gasteiger partial charge in [-0.1, -0.05) is 41.9 Å². The first-order valence-electron chi connectivity index (χ1n) is 10.2. The molecule has 2 atom stereocenters. The summed E-state index contributed by atoms with van der Waals surface area (Å²) < 4.78 is 11.3. The zero-order valence-corrected chi connectivity index (χ0v) is 17.8. The molecule has 1 aromatic heterocycles. The number of amides is 1. The Kier molecular flexibility index (Phi) is 5.82. The highest BCUT2D eigenvalue weighted by molar-refractivity contribution is 6.33. The van der Waals surface area contributed by atoms with Gasteiger partial charge in [0.2, 0.25) is 0 Å². The second-order valence-corrected chi connectivity index (χ2v) is 8.17. The molecule has 3 aromatic rings. The van der Waals surface area contributed by atoms with E-state index < -0.39 is 11.7 Å². The Bertz CT molecular complexity index is 1130. The molecular weight excluding hydrogens is 402 g/mol. The molecule has 1 aliphatic heterocycles. The minimum absolute atomic E-state index is 0.0575. The van der Waals surface area contributed by atoms with Crippen molar-refractivity contribution in [3.05, 3.63) is 64.0 Å². The number of halogens is 1. The highest BCUT2D eigenvalue weighted by Gasteiger charge is 2.28. The molecule has 0 bridgehead atoms. The fourth-order valence-electron chi connectivity index (χ4n) is 4.01. The summed E-state index contributed by atoms with van der Waals surface area (Å²) in [5, 5.41) is 1.07. The van der Waals surface area contributed by atoms with E-state index in [1.807, 2.05) is 35.2 Å². The van der Waals surface area contributed by atoms with Gasteiger partial charge in [-0.3, -0.25) is 4.79 Å². The van der Waals surface area contributed by atoms with Gasteiger partial charge < -0.3 is 14.1 Å². The van der Waals surface area contributed by atoms with Crippen LogP contribution in [0.4, 0.5) is 0 Å². The van der Waals surface area contributed by atoms with Crippen LogP contribution in [0.15, 0.2) is 57.7 Å². The van der Waals surface area contributed by atoms with E-state index in [1.54, 1.807) is 19.1 Å². The third-order valence-electron chi connectivity index (χ3n) is 5.62. The molecule has 5 nitrogen and oxygen atoms in total. The molecule has 2 heterocycles. The molecule has 2 aromatic carbocycles. The van der Waals surface area contributed by atoms with Gasteiger partial charge in [0.05, 0.1) is 5.02 Å². The highest BCUT2D eigenvalue weighted by Crippen LogP contribution is 2.35. The van der Waals surface area contributed by atoms with Crippen LogP contribution in [-0.4, -0.2) is 29.5 Å². The third-order valence-corrected chi connectivity index (χ3v) is 5.91. The topological polar surface area (TPSA) is 59.8 Å². The summed E-state index contributed by atoms with van der Waals surface area (Å²) in [6.07, 6.45) is 2.46. The van der Waals surface area contributed by atoms with E-state index in [0.29, 0.717) is 21.7 Å². The quantitative estimate of drug-likeness (QED) is 0.533. The second kappa shape index (κ2) is 8.52. The maximum atomic E-state index is 12.9. The molecule has 2 unspecified atom stereocenters. The molecule has 156 valence electrons. The lowest BCUT2D eigenvalue weighted by atomic mass is 10.0. The molecule has 1 fully saturated rings. The Hall–Kier alpha value is -2.79. The van der Waals surface area contributed by atoms with E-state index in [0.717, 1.165) is 36.9 Å². The molecule has 6 heteroatoms. The number of likely N-dealkylation sites (tertiary alicyclic amines) is 1. The Morgan fingerprint density at radius 2 is 1.97 bits per heavy atom. The summed E-state index contributed by atoms with van der Waals surface area (Å²) in [4.78, 5) is 26.9. The van der Waals surface area contributed by atoms with E-state index in [2.05, 4.69) is 6.92 Å².